The molecule has 1 aliphatic rings. The van der Waals surface area contributed by atoms with Crippen molar-refractivity contribution in [3.63, 3.8) is 0 Å². The lowest BCUT2D eigenvalue weighted by atomic mass is 10.0. The van der Waals surface area contributed by atoms with Gasteiger partial charge in [0.25, 0.3) is 11.1 Å². The van der Waals surface area contributed by atoms with Gasteiger partial charge in [-0.2, -0.15) is 5.10 Å². The molecule has 0 spiro atoms. The van der Waals surface area contributed by atoms with Gasteiger partial charge in [0, 0.05) is 6.42 Å². The Morgan fingerprint density at radius 2 is 2.03 bits per heavy atom. The average Bonchev–Trinajstić information content (AvgIpc) is 3.56. The fourth-order valence-electron chi connectivity index (χ4n) is 3.52. The van der Waals surface area contributed by atoms with Gasteiger partial charge >= 0.3 is 0 Å². The Hall–Kier alpha value is -3.10. The third kappa shape index (κ3) is 4.08. The van der Waals surface area contributed by atoms with Crippen molar-refractivity contribution < 1.29 is 13.9 Å². The van der Waals surface area contributed by atoms with Gasteiger partial charge in [-0.15, -0.1) is 11.3 Å². The normalized spacial score (nSPS) is 16.0. The van der Waals surface area contributed by atoms with E-state index < -0.39 is 0 Å². The van der Waals surface area contributed by atoms with E-state index in [2.05, 4.69) is 4.98 Å². The summed E-state index contributed by atoms with van der Waals surface area (Å²) in [5.74, 6) is 0.894. The molecule has 8 heteroatoms. The third-order valence-corrected chi connectivity index (χ3v) is 6.80. The first kappa shape index (κ1) is 19.8. The second-order valence-corrected chi connectivity index (χ2v) is 8.87. The molecule has 0 N–H and O–H groups in total. The molecule has 3 heterocycles. The molecule has 0 radical (unpaired) electrons. The number of amides is 1. The predicted molar refractivity (Wildman–Crippen MR) is 123 cm³/mol. The largest absolute Gasteiger partial charge is 0.497 e. The Bertz CT molecular complexity index is 1200. The molecule has 156 valence electrons. The number of carbonyl (C=O) groups is 1. The second kappa shape index (κ2) is 8.56. The molecule has 31 heavy (non-hydrogen) atoms. The Labute approximate surface area is 187 Å². The van der Waals surface area contributed by atoms with E-state index in [0.29, 0.717) is 17.2 Å². The van der Waals surface area contributed by atoms with Crippen LogP contribution in [0.4, 0.5) is 0 Å². The first-order valence-electron chi connectivity index (χ1n) is 9.77. The Morgan fingerprint density at radius 1 is 1.19 bits per heavy atom. The fraction of sp³-hybridized carbons (Fsp3) is 0.174. The lowest BCUT2D eigenvalue weighted by Gasteiger charge is -2.22. The highest BCUT2D eigenvalue weighted by atomic mass is 32.2. The molecule has 1 aliphatic heterocycles. The molecular formula is C23H19N3O3S2. The number of hydrogen-bond acceptors (Lipinski definition) is 7. The molecule has 0 saturated heterocycles. The minimum absolute atomic E-state index is 0.0837. The average molecular weight is 450 g/mol. The van der Waals surface area contributed by atoms with Crippen molar-refractivity contribution in [1.82, 2.24) is 9.99 Å². The summed E-state index contributed by atoms with van der Waals surface area (Å²) in [5.41, 5.74) is 3.45. The van der Waals surface area contributed by atoms with E-state index in [4.69, 9.17) is 14.3 Å². The van der Waals surface area contributed by atoms with Crippen LogP contribution in [0.2, 0.25) is 0 Å². The lowest BCUT2D eigenvalue weighted by molar-refractivity contribution is -0.130. The topological polar surface area (TPSA) is 67.9 Å². The van der Waals surface area contributed by atoms with E-state index >= 15 is 0 Å². The molecule has 4 aromatic rings. The van der Waals surface area contributed by atoms with Gasteiger partial charge in [-0.1, -0.05) is 42.1 Å². The second-order valence-electron chi connectivity index (χ2n) is 6.99. The first-order chi connectivity index (χ1) is 15.2. The summed E-state index contributed by atoms with van der Waals surface area (Å²) in [7, 11) is 1.64. The van der Waals surface area contributed by atoms with Crippen LogP contribution >= 0.6 is 23.1 Å². The number of oxazole rings is 1. The summed E-state index contributed by atoms with van der Waals surface area (Å²) in [6, 6.07) is 19.3. The van der Waals surface area contributed by atoms with Crippen LogP contribution in [-0.4, -0.2) is 34.5 Å². The van der Waals surface area contributed by atoms with Crippen LogP contribution in [0.15, 0.2) is 80.8 Å². The van der Waals surface area contributed by atoms with Crippen molar-refractivity contribution in [1.29, 1.82) is 0 Å². The highest BCUT2D eigenvalue weighted by Crippen LogP contribution is 2.35. The maximum Gasteiger partial charge on any atom is 0.257 e. The van der Waals surface area contributed by atoms with Crippen LogP contribution in [0, 0.1) is 0 Å². The number of aromatic nitrogens is 1. The number of hydrogen-bond donors (Lipinski definition) is 0. The zero-order valence-corrected chi connectivity index (χ0v) is 18.4. The number of benzene rings is 2. The van der Waals surface area contributed by atoms with Gasteiger partial charge in [0.05, 0.1) is 29.5 Å². The quantitative estimate of drug-likeness (QED) is 0.370. The molecular weight excluding hydrogens is 430 g/mol. The molecule has 1 amide bonds. The van der Waals surface area contributed by atoms with E-state index in [0.717, 1.165) is 27.4 Å². The monoisotopic (exact) mass is 449 g/mol. The van der Waals surface area contributed by atoms with Gasteiger partial charge in [-0.25, -0.2) is 9.99 Å². The van der Waals surface area contributed by atoms with Crippen molar-refractivity contribution in [3.05, 3.63) is 76.5 Å². The van der Waals surface area contributed by atoms with Crippen molar-refractivity contribution in [2.75, 3.05) is 12.9 Å². The maximum absolute atomic E-state index is 13.2. The summed E-state index contributed by atoms with van der Waals surface area (Å²) in [6.07, 6.45) is 0.673. The van der Waals surface area contributed by atoms with E-state index in [-0.39, 0.29) is 17.7 Å². The zero-order valence-electron chi connectivity index (χ0n) is 16.7. The number of thioether (sulfide) groups is 1. The maximum atomic E-state index is 13.2. The van der Waals surface area contributed by atoms with Crippen LogP contribution in [-0.2, 0) is 4.79 Å². The molecule has 0 saturated carbocycles. The van der Waals surface area contributed by atoms with Gasteiger partial charge in [0.2, 0.25) is 0 Å². The smallest absolute Gasteiger partial charge is 0.257 e. The SMILES string of the molecule is COc1ccc([C@@H]2CC(c3cccs3)=NN2C(=O)CSc2nc3ccccc3o2)cc1. The third-order valence-electron chi connectivity index (χ3n) is 5.07. The Kier molecular flexibility index (Phi) is 5.48. The minimum Gasteiger partial charge on any atom is -0.497 e. The number of ether oxygens (including phenoxy) is 1. The van der Waals surface area contributed by atoms with Crippen LogP contribution in [0.25, 0.3) is 11.1 Å². The number of thiophene rings is 1. The van der Waals surface area contributed by atoms with Gasteiger partial charge in [0.15, 0.2) is 5.58 Å². The summed E-state index contributed by atoms with van der Waals surface area (Å²) in [4.78, 5) is 18.7. The summed E-state index contributed by atoms with van der Waals surface area (Å²) in [5, 5.41) is 8.81. The van der Waals surface area contributed by atoms with Gasteiger partial charge in [-0.05, 0) is 41.3 Å². The standard InChI is InChI=1S/C23H19N3O3S2/c1-28-16-10-8-15(9-11-16)19-13-18(21-7-4-12-30-21)25-26(19)22(27)14-31-23-24-17-5-2-3-6-20(17)29-23/h2-12,19H,13-14H2,1H3/t19-/m0/s1. The number of carbonyl (C=O) groups excluding carboxylic acids is 1. The van der Waals surface area contributed by atoms with Crippen molar-refractivity contribution in [3.8, 4) is 5.75 Å². The molecule has 0 unspecified atom stereocenters. The zero-order chi connectivity index (χ0) is 21.2. The van der Waals surface area contributed by atoms with E-state index in [1.54, 1.807) is 23.5 Å². The van der Waals surface area contributed by atoms with Crippen molar-refractivity contribution in [2.45, 2.75) is 17.7 Å². The van der Waals surface area contributed by atoms with E-state index in [1.807, 2.05) is 66.0 Å². The molecule has 0 bridgehead atoms. The van der Waals surface area contributed by atoms with Crippen LogP contribution < -0.4 is 4.74 Å². The molecule has 2 aromatic carbocycles. The van der Waals surface area contributed by atoms with Gasteiger partial charge in [-0.3, -0.25) is 4.79 Å². The highest BCUT2D eigenvalue weighted by molar-refractivity contribution is 7.99. The minimum atomic E-state index is -0.153. The Balaban J connectivity index is 1.37. The number of para-hydroxylation sites is 2. The van der Waals surface area contributed by atoms with Gasteiger partial charge in [0.1, 0.15) is 11.3 Å². The number of hydrazone groups is 1. The number of rotatable bonds is 6. The highest BCUT2D eigenvalue weighted by Gasteiger charge is 2.33. The van der Waals surface area contributed by atoms with Crippen molar-refractivity contribution >= 4 is 45.8 Å². The molecule has 0 aliphatic carbocycles. The molecule has 6 nitrogen and oxygen atoms in total. The lowest BCUT2D eigenvalue weighted by Crippen LogP contribution is -2.28. The molecule has 0 fully saturated rings. The van der Waals surface area contributed by atoms with Crippen LogP contribution in [0.1, 0.15) is 22.9 Å². The van der Waals surface area contributed by atoms with E-state index in [9.17, 15) is 4.79 Å². The van der Waals surface area contributed by atoms with Crippen LogP contribution in [0.3, 0.4) is 0 Å². The molecule has 5 rings (SSSR count). The summed E-state index contributed by atoms with van der Waals surface area (Å²) >= 11 is 2.92. The number of nitrogens with zero attached hydrogens (tertiary/aromatic N) is 3. The summed E-state index contributed by atoms with van der Waals surface area (Å²) < 4.78 is 11.0. The summed E-state index contributed by atoms with van der Waals surface area (Å²) in [6.45, 7) is 0. The number of methoxy groups -OCH3 is 1. The van der Waals surface area contributed by atoms with Gasteiger partial charge < -0.3 is 9.15 Å². The van der Waals surface area contributed by atoms with E-state index in [1.165, 1.54) is 11.8 Å². The van der Waals surface area contributed by atoms with Crippen molar-refractivity contribution in [2.24, 2.45) is 5.10 Å². The predicted octanol–water partition coefficient (Wildman–Crippen LogP) is 5.37. The first-order valence-corrected chi connectivity index (χ1v) is 11.6. The Morgan fingerprint density at radius 3 is 2.77 bits per heavy atom. The number of fused-ring (bicyclic) bond motifs is 1. The fourth-order valence-corrected chi connectivity index (χ4v) is 4.93. The van der Waals surface area contributed by atoms with Crippen LogP contribution in [0.5, 0.6) is 5.75 Å². The molecule has 2 aromatic heterocycles. The molecule has 1 atom stereocenters.